The summed E-state index contributed by atoms with van der Waals surface area (Å²) in [6.07, 6.45) is 0. The molecule has 2 rings (SSSR count). The molecule has 2 N–H and O–H groups in total. The first-order valence-corrected chi connectivity index (χ1v) is 7.37. The molecule has 0 aliphatic rings. The van der Waals surface area contributed by atoms with Gasteiger partial charge in [0.05, 0.1) is 5.92 Å². The normalized spacial score (nSPS) is 8.86. The average Bonchev–Trinajstić information content (AvgIpc) is 2.60. The molecule has 0 spiro atoms. The summed E-state index contributed by atoms with van der Waals surface area (Å²) in [5.74, 6) is -0.912. The molecule has 2 aromatic carbocycles. The number of carbonyl (C=O) groups excluding carboxylic acids is 1. The van der Waals surface area contributed by atoms with Crippen LogP contribution in [0.4, 0.5) is 0 Å². The highest BCUT2D eigenvalue weighted by Gasteiger charge is 2.21. The molecule has 0 unspecified atom stereocenters. The van der Waals surface area contributed by atoms with Crippen molar-refractivity contribution in [2.45, 2.75) is 33.6 Å². The zero-order chi connectivity index (χ0) is 16.1. The Morgan fingerprint density at radius 1 is 0.810 bits per heavy atom. The molecule has 0 aromatic heterocycles. The van der Waals surface area contributed by atoms with E-state index < -0.39 is 11.8 Å². The van der Waals surface area contributed by atoms with Crippen LogP contribution in [0.15, 0.2) is 60.7 Å². The van der Waals surface area contributed by atoms with E-state index in [9.17, 15) is 4.79 Å². The van der Waals surface area contributed by atoms with Crippen LogP contribution in [0.5, 0.6) is 0 Å². The van der Waals surface area contributed by atoms with Gasteiger partial charge in [-0.05, 0) is 11.1 Å². The van der Waals surface area contributed by atoms with Crippen molar-refractivity contribution >= 4 is 5.91 Å². The second-order valence-electron chi connectivity index (χ2n) is 3.73. The summed E-state index contributed by atoms with van der Waals surface area (Å²) in [5, 5.41) is 8.83. The summed E-state index contributed by atoms with van der Waals surface area (Å²) >= 11 is 0. The van der Waals surface area contributed by atoms with Crippen LogP contribution in [0, 0.1) is 0 Å². The molecule has 2 aromatic rings. The molecule has 0 fully saturated rings. The van der Waals surface area contributed by atoms with Gasteiger partial charge in [-0.25, -0.2) is 5.48 Å². The van der Waals surface area contributed by atoms with Gasteiger partial charge in [-0.2, -0.15) is 0 Å². The number of hydroxylamine groups is 1. The van der Waals surface area contributed by atoms with E-state index >= 15 is 0 Å². The molecule has 0 radical (unpaired) electrons. The van der Waals surface area contributed by atoms with Gasteiger partial charge in [0, 0.05) is 0 Å². The van der Waals surface area contributed by atoms with E-state index in [0.29, 0.717) is 0 Å². The van der Waals surface area contributed by atoms with Crippen molar-refractivity contribution in [1.29, 1.82) is 0 Å². The lowest BCUT2D eigenvalue weighted by molar-refractivity contribution is -0.129. The molecule has 1 amide bonds. The predicted molar refractivity (Wildman–Crippen MR) is 87.4 cm³/mol. The molecular weight excluding hydrogens is 262 g/mol. The zero-order valence-electron chi connectivity index (χ0n) is 13.2. The summed E-state index contributed by atoms with van der Waals surface area (Å²) in [6.45, 7) is 8.00. The van der Waals surface area contributed by atoms with E-state index in [1.54, 1.807) is 5.48 Å². The highest BCUT2D eigenvalue weighted by molar-refractivity contribution is 5.86. The third-order valence-corrected chi connectivity index (χ3v) is 2.64. The maximum Gasteiger partial charge on any atom is 0.255 e. The van der Waals surface area contributed by atoms with Crippen molar-refractivity contribution in [1.82, 2.24) is 5.48 Å². The lowest BCUT2D eigenvalue weighted by atomic mass is 9.91. The molecule has 0 aliphatic carbocycles. The second kappa shape index (κ2) is 11.7. The Hall–Kier alpha value is -2.13. The van der Waals surface area contributed by atoms with Crippen LogP contribution >= 0.6 is 0 Å². The maximum atomic E-state index is 11.8. The quantitative estimate of drug-likeness (QED) is 0.650. The summed E-state index contributed by atoms with van der Waals surface area (Å²) in [5.41, 5.74) is 3.43. The van der Waals surface area contributed by atoms with Gasteiger partial charge in [0.15, 0.2) is 0 Å². The van der Waals surface area contributed by atoms with Gasteiger partial charge in [-0.3, -0.25) is 10.0 Å². The fraction of sp³-hybridized carbons (Fsp3) is 0.278. The number of amides is 1. The van der Waals surface area contributed by atoms with Crippen LogP contribution in [-0.2, 0) is 4.79 Å². The van der Waals surface area contributed by atoms with Gasteiger partial charge in [0.1, 0.15) is 0 Å². The first-order chi connectivity index (χ1) is 10.3. The second-order valence-corrected chi connectivity index (χ2v) is 3.73. The minimum Gasteiger partial charge on any atom is -0.289 e. The first kappa shape index (κ1) is 18.9. The third kappa shape index (κ3) is 5.79. The lowest BCUT2D eigenvalue weighted by Crippen LogP contribution is -2.27. The van der Waals surface area contributed by atoms with Crippen LogP contribution in [0.1, 0.15) is 44.7 Å². The zero-order valence-corrected chi connectivity index (χ0v) is 13.2. The lowest BCUT2D eigenvalue weighted by Gasteiger charge is -2.15. The van der Waals surface area contributed by atoms with Gasteiger partial charge in [-0.1, -0.05) is 88.4 Å². The molecule has 0 aliphatic heterocycles. The largest absolute Gasteiger partial charge is 0.289 e. The van der Waals surface area contributed by atoms with E-state index in [1.165, 1.54) is 0 Å². The van der Waals surface area contributed by atoms with Crippen LogP contribution < -0.4 is 5.48 Å². The number of hydrogen-bond donors (Lipinski definition) is 2. The van der Waals surface area contributed by atoms with Crippen LogP contribution in [-0.4, -0.2) is 11.1 Å². The molecule has 0 heterocycles. The van der Waals surface area contributed by atoms with Crippen LogP contribution in [0.25, 0.3) is 0 Å². The molecule has 3 nitrogen and oxygen atoms in total. The standard InChI is InChI=1S/C14H13NO2.2C2H6/c16-14(15-17)13(11-7-3-1-4-8-11)12-9-5-2-6-10-12;2*1-2/h1-10,13,17H,(H,15,16);2*1-2H3. The summed E-state index contributed by atoms with van der Waals surface area (Å²) in [4.78, 5) is 11.8. The number of benzene rings is 2. The minimum absolute atomic E-state index is 0.428. The Balaban J connectivity index is 0.000000921. The molecule has 114 valence electrons. The van der Waals surface area contributed by atoms with Gasteiger partial charge in [-0.15, -0.1) is 0 Å². The Kier molecular flexibility index (Phi) is 10.5. The van der Waals surface area contributed by atoms with Crippen molar-refractivity contribution in [2.75, 3.05) is 0 Å². The van der Waals surface area contributed by atoms with Crippen LogP contribution in [0.2, 0.25) is 0 Å². The molecule has 0 atom stereocenters. The highest BCUT2D eigenvalue weighted by Crippen LogP contribution is 2.24. The Bertz CT molecular complexity index is 444. The molecular formula is C18H25NO2. The van der Waals surface area contributed by atoms with E-state index in [4.69, 9.17) is 5.21 Å². The molecule has 0 bridgehead atoms. The topological polar surface area (TPSA) is 49.3 Å². The van der Waals surface area contributed by atoms with E-state index in [1.807, 2.05) is 88.4 Å². The summed E-state index contributed by atoms with van der Waals surface area (Å²) in [7, 11) is 0. The van der Waals surface area contributed by atoms with Crippen molar-refractivity contribution in [3.8, 4) is 0 Å². The van der Waals surface area contributed by atoms with Crippen molar-refractivity contribution < 1.29 is 10.0 Å². The number of carbonyl (C=O) groups is 1. The smallest absolute Gasteiger partial charge is 0.255 e. The van der Waals surface area contributed by atoms with Gasteiger partial charge >= 0.3 is 0 Å². The fourth-order valence-corrected chi connectivity index (χ4v) is 1.85. The van der Waals surface area contributed by atoms with E-state index in [-0.39, 0.29) is 0 Å². The Labute approximate surface area is 127 Å². The van der Waals surface area contributed by atoms with Crippen molar-refractivity contribution in [3.05, 3.63) is 71.8 Å². The maximum absolute atomic E-state index is 11.8. The monoisotopic (exact) mass is 287 g/mol. The molecule has 0 saturated carbocycles. The van der Waals surface area contributed by atoms with E-state index in [2.05, 4.69) is 0 Å². The summed E-state index contributed by atoms with van der Waals surface area (Å²) in [6, 6.07) is 18.7. The Morgan fingerprint density at radius 3 is 1.43 bits per heavy atom. The Morgan fingerprint density at radius 2 is 1.14 bits per heavy atom. The predicted octanol–water partition coefficient (Wildman–Crippen LogP) is 4.38. The van der Waals surface area contributed by atoms with E-state index in [0.717, 1.165) is 11.1 Å². The minimum atomic E-state index is -0.484. The molecule has 3 heteroatoms. The SMILES string of the molecule is CC.CC.O=C(NO)C(c1ccccc1)c1ccccc1. The fourth-order valence-electron chi connectivity index (χ4n) is 1.85. The molecule has 21 heavy (non-hydrogen) atoms. The summed E-state index contributed by atoms with van der Waals surface area (Å²) < 4.78 is 0. The van der Waals surface area contributed by atoms with Gasteiger partial charge in [0.25, 0.3) is 5.91 Å². The van der Waals surface area contributed by atoms with Crippen LogP contribution in [0.3, 0.4) is 0 Å². The highest BCUT2D eigenvalue weighted by atomic mass is 16.5. The third-order valence-electron chi connectivity index (χ3n) is 2.64. The van der Waals surface area contributed by atoms with Crippen molar-refractivity contribution in [3.63, 3.8) is 0 Å². The first-order valence-electron chi connectivity index (χ1n) is 7.37. The number of rotatable bonds is 3. The van der Waals surface area contributed by atoms with Gasteiger partial charge in [0.2, 0.25) is 0 Å². The van der Waals surface area contributed by atoms with Crippen molar-refractivity contribution in [2.24, 2.45) is 0 Å². The average molecular weight is 287 g/mol. The molecule has 0 saturated heterocycles. The number of hydrogen-bond acceptors (Lipinski definition) is 2. The van der Waals surface area contributed by atoms with Gasteiger partial charge < -0.3 is 0 Å². The number of nitrogens with one attached hydrogen (secondary N) is 1.